The summed E-state index contributed by atoms with van der Waals surface area (Å²) in [6, 6.07) is 0.354. The van der Waals surface area contributed by atoms with Crippen LogP contribution in [0.4, 0.5) is 0 Å². The van der Waals surface area contributed by atoms with Gasteiger partial charge in [-0.1, -0.05) is 20.3 Å². The number of hydrogen-bond acceptors (Lipinski definition) is 3. The summed E-state index contributed by atoms with van der Waals surface area (Å²) < 4.78 is 4.91. The molecular weight excluding hydrogens is 192 g/mol. The quantitative estimate of drug-likeness (QED) is 0.198. The Labute approximate surface area is 92.4 Å². The van der Waals surface area contributed by atoms with E-state index >= 15 is 0 Å². The van der Waals surface area contributed by atoms with Gasteiger partial charge in [-0.25, -0.2) is 10.8 Å². The summed E-state index contributed by atoms with van der Waals surface area (Å²) in [6.07, 6.45) is 1.13. The van der Waals surface area contributed by atoms with Crippen molar-refractivity contribution in [1.29, 1.82) is 0 Å². The highest BCUT2D eigenvalue weighted by molar-refractivity contribution is 5.79. The highest BCUT2D eigenvalue weighted by Crippen LogP contribution is 2.05. The minimum atomic E-state index is 0.354. The lowest BCUT2D eigenvalue weighted by atomic mass is 10.0. The molecule has 0 amide bonds. The number of guanidine groups is 1. The molecule has 5 nitrogen and oxygen atoms in total. The van der Waals surface area contributed by atoms with Gasteiger partial charge in [0.25, 0.3) is 0 Å². The third-order valence-electron chi connectivity index (χ3n) is 2.56. The van der Waals surface area contributed by atoms with Gasteiger partial charge in [0.2, 0.25) is 5.96 Å². The summed E-state index contributed by atoms with van der Waals surface area (Å²) in [7, 11) is 1.65. The van der Waals surface area contributed by atoms with Gasteiger partial charge in [0, 0.05) is 13.2 Å². The SMILES string of the molecule is CCC(C)C(C)NC(=NCCOC)NN. The number of rotatable bonds is 6. The summed E-state index contributed by atoms with van der Waals surface area (Å²) in [5, 5.41) is 3.23. The van der Waals surface area contributed by atoms with Crippen LogP contribution in [0.2, 0.25) is 0 Å². The molecule has 90 valence electrons. The number of aliphatic imine (C=N–C) groups is 1. The van der Waals surface area contributed by atoms with Gasteiger partial charge in [0.05, 0.1) is 13.2 Å². The molecule has 4 N–H and O–H groups in total. The second-order valence-corrected chi connectivity index (χ2v) is 3.69. The third kappa shape index (κ3) is 6.30. The highest BCUT2D eigenvalue weighted by atomic mass is 16.5. The van der Waals surface area contributed by atoms with Crippen LogP contribution in [0.5, 0.6) is 0 Å². The Morgan fingerprint density at radius 1 is 1.47 bits per heavy atom. The number of nitrogens with two attached hydrogens (primary N) is 1. The molecule has 0 heterocycles. The van der Waals surface area contributed by atoms with Crippen LogP contribution in [0.3, 0.4) is 0 Å². The van der Waals surface area contributed by atoms with Gasteiger partial charge in [-0.3, -0.25) is 5.43 Å². The Morgan fingerprint density at radius 3 is 2.60 bits per heavy atom. The summed E-state index contributed by atoms with van der Waals surface area (Å²) in [5.74, 6) is 6.57. The predicted molar refractivity (Wildman–Crippen MR) is 63.6 cm³/mol. The second-order valence-electron chi connectivity index (χ2n) is 3.69. The standard InChI is InChI=1S/C10H24N4O/c1-5-8(2)9(3)13-10(14-11)12-6-7-15-4/h8-9H,5-7,11H2,1-4H3,(H2,12,13,14). The lowest BCUT2D eigenvalue weighted by molar-refractivity contribution is 0.207. The number of nitrogens with one attached hydrogen (secondary N) is 2. The van der Waals surface area contributed by atoms with Crippen LogP contribution in [0.15, 0.2) is 4.99 Å². The molecule has 5 heteroatoms. The van der Waals surface area contributed by atoms with E-state index in [1.165, 1.54) is 0 Å². The van der Waals surface area contributed by atoms with E-state index in [4.69, 9.17) is 10.6 Å². The fraction of sp³-hybridized carbons (Fsp3) is 0.900. The van der Waals surface area contributed by atoms with Crippen molar-refractivity contribution in [3.8, 4) is 0 Å². The number of hydrazine groups is 1. The topological polar surface area (TPSA) is 71.7 Å². The van der Waals surface area contributed by atoms with Gasteiger partial charge in [-0.2, -0.15) is 0 Å². The summed E-state index contributed by atoms with van der Waals surface area (Å²) in [4.78, 5) is 4.23. The van der Waals surface area contributed by atoms with Crippen LogP contribution < -0.4 is 16.6 Å². The van der Waals surface area contributed by atoms with Gasteiger partial charge < -0.3 is 10.1 Å². The van der Waals surface area contributed by atoms with Crippen LogP contribution in [0.1, 0.15) is 27.2 Å². The van der Waals surface area contributed by atoms with E-state index in [-0.39, 0.29) is 0 Å². The lowest BCUT2D eigenvalue weighted by Crippen LogP contribution is -2.47. The van der Waals surface area contributed by atoms with Crippen molar-refractivity contribution in [2.75, 3.05) is 20.3 Å². The van der Waals surface area contributed by atoms with E-state index < -0.39 is 0 Å². The molecule has 0 radical (unpaired) electrons. The molecule has 0 bridgehead atoms. The first kappa shape index (κ1) is 14.2. The molecule has 0 aliphatic heterocycles. The van der Waals surface area contributed by atoms with Crippen molar-refractivity contribution in [1.82, 2.24) is 10.7 Å². The van der Waals surface area contributed by atoms with Crippen molar-refractivity contribution in [2.24, 2.45) is 16.8 Å². The molecule has 0 saturated carbocycles. The molecule has 0 aromatic carbocycles. The van der Waals surface area contributed by atoms with Crippen molar-refractivity contribution in [3.63, 3.8) is 0 Å². The highest BCUT2D eigenvalue weighted by Gasteiger charge is 2.10. The summed E-state index contributed by atoms with van der Waals surface area (Å²) >= 11 is 0. The minimum Gasteiger partial charge on any atom is -0.383 e. The van der Waals surface area contributed by atoms with E-state index in [0.717, 1.165) is 6.42 Å². The summed E-state index contributed by atoms with van der Waals surface area (Å²) in [6.45, 7) is 7.69. The Balaban J connectivity index is 4.02. The molecule has 15 heavy (non-hydrogen) atoms. The maximum atomic E-state index is 5.36. The zero-order valence-electron chi connectivity index (χ0n) is 10.2. The molecule has 0 spiro atoms. The third-order valence-corrected chi connectivity index (χ3v) is 2.56. The fourth-order valence-electron chi connectivity index (χ4n) is 1.09. The molecule has 0 saturated heterocycles. The predicted octanol–water partition coefficient (Wildman–Crippen LogP) is 0.476. The zero-order valence-corrected chi connectivity index (χ0v) is 10.2. The number of hydrogen-bond donors (Lipinski definition) is 3. The van der Waals surface area contributed by atoms with Crippen LogP contribution >= 0.6 is 0 Å². The average molecular weight is 216 g/mol. The van der Waals surface area contributed by atoms with Crippen molar-refractivity contribution in [2.45, 2.75) is 33.2 Å². The monoisotopic (exact) mass is 216 g/mol. The smallest absolute Gasteiger partial charge is 0.206 e. The van der Waals surface area contributed by atoms with Crippen molar-refractivity contribution < 1.29 is 4.74 Å². The normalized spacial score (nSPS) is 15.9. The molecule has 0 aliphatic carbocycles. The fourth-order valence-corrected chi connectivity index (χ4v) is 1.09. The van der Waals surface area contributed by atoms with E-state index in [1.807, 2.05) is 0 Å². The largest absolute Gasteiger partial charge is 0.383 e. The van der Waals surface area contributed by atoms with Crippen molar-refractivity contribution in [3.05, 3.63) is 0 Å². The molecule has 2 unspecified atom stereocenters. The van der Waals surface area contributed by atoms with Gasteiger partial charge in [-0.15, -0.1) is 0 Å². The van der Waals surface area contributed by atoms with Crippen LogP contribution in [0, 0.1) is 5.92 Å². The Bertz CT molecular complexity index is 184. The lowest BCUT2D eigenvalue weighted by Gasteiger charge is -2.21. The molecular formula is C10H24N4O. The maximum Gasteiger partial charge on any atom is 0.206 e. The van der Waals surface area contributed by atoms with Crippen molar-refractivity contribution >= 4 is 5.96 Å². The van der Waals surface area contributed by atoms with Gasteiger partial charge in [-0.05, 0) is 12.8 Å². The Kier molecular flexibility index (Phi) is 8.04. The van der Waals surface area contributed by atoms with Gasteiger partial charge in [0.1, 0.15) is 0 Å². The van der Waals surface area contributed by atoms with E-state index in [0.29, 0.717) is 31.1 Å². The average Bonchev–Trinajstić information content (AvgIpc) is 2.26. The first-order chi connectivity index (χ1) is 7.15. The molecule has 0 fully saturated rings. The first-order valence-corrected chi connectivity index (χ1v) is 5.42. The van der Waals surface area contributed by atoms with Crippen LogP contribution in [-0.4, -0.2) is 32.3 Å². The van der Waals surface area contributed by atoms with Crippen LogP contribution in [-0.2, 0) is 4.74 Å². The Morgan fingerprint density at radius 2 is 2.13 bits per heavy atom. The maximum absolute atomic E-state index is 5.36. The molecule has 0 aromatic heterocycles. The number of nitrogens with zero attached hydrogens (tertiary/aromatic N) is 1. The first-order valence-electron chi connectivity index (χ1n) is 5.42. The minimum absolute atomic E-state index is 0.354. The summed E-state index contributed by atoms with van der Waals surface area (Å²) in [5.41, 5.74) is 2.55. The molecule has 2 atom stereocenters. The second kappa shape index (κ2) is 8.49. The van der Waals surface area contributed by atoms with Gasteiger partial charge >= 0.3 is 0 Å². The molecule has 0 aliphatic rings. The molecule has 0 aromatic rings. The van der Waals surface area contributed by atoms with E-state index in [2.05, 4.69) is 36.5 Å². The van der Waals surface area contributed by atoms with Gasteiger partial charge in [0.15, 0.2) is 0 Å². The van der Waals surface area contributed by atoms with Crippen LogP contribution in [0.25, 0.3) is 0 Å². The van der Waals surface area contributed by atoms with E-state index in [1.54, 1.807) is 7.11 Å². The van der Waals surface area contributed by atoms with E-state index in [9.17, 15) is 0 Å². The Hall–Kier alpha value is -0.810. The number of ether oxygens (including phenoxy) is 1. The zero-order chi connectivity index (χ0) is 11.7. The molecule has 0 rings (SSSR count). The number of methoxy groups -OCH3 is 1.